The number of anilines is 1. The van der Waals surface area contributed by atoms with E-state index in [-0.39, 0.29) is 12.3 Å². The molecule has 0 fully saturated rings. The molecule has 92 valence electrons. The van der Waals surface area contributed by atoms with Crippen molar-refractivity contribution >= 4 is 35.0 Å². The molecule has 6 heteroatoms. The Morgan fingerprint density at radius 2 is 2.28 bits per heavy atom. The van der Waals surface area contributed by atoms with Gasteiger partial charge in [-0.05, 0) is 18.2 Å². The minimum atomic E-state index is -0.469. The van der Waals surface area contributed by atoms with Gasteiger partial charge in [-0.2, -0.15) is 10.5 Å². The Labute approximate surface area is 115 Å². The predicted molar refractivity (Wildman–Crippen MR) is 71.2 cm³/mol. The fourth-order valence-electron chi connectivity index (χ4n) is 1.24. The summed E-state index contributed by atoms with van der Waals surface area (Å²) in [5.41, 5.74) is 0.554. The molecular weight excluding hydrogens is 270 g/mol. The van der Waals surface area contributed by atoms with Gasteiger partial charge in [0.2, 0.25) is 5.91 Å². The van der Waals surface area contributed by atoms with Gasteiger partial charge >= 0.3 is 0 Å². The van der Waals surface area contributed by atoms with Crippen LogP contribution in [0.15, 0.2) is 23.1 Å². The van der Waals surface area contributed by atoms with Gasteiger partial charge in [0, 0.05) is 16.8 Å². The van der Waals surface area contributed by atoms with E-state index in [2.05, 4.69) is 5.32 Å². The number of benzene rings is 1. The SMILES string of the molecule is CC(=O)Nc1cc(Cl)ccc1SC(C#N)CC#N. The third-order valence-electron chi connectivity index (χ3n) is 1.94. The Morgan fingerprint density at radius 3 is 2.83 bits per heavy atom. The number of halogens is 1. The van der Waals surface area contributed by atoms with E-state index >= 15 is 0 Å². The molecule has 0 saturated heterocycles. The van der Waals surface area contributed by atoms with Gasteiger partial charge in [0.25, 0.3) is 0 Å². The zero-order valence-electron chi connectivity index (χ0n) is 9.61. The molecule has 1 aromatic rings. The highest BCUT2D eigenvalue weighted by molar-refractivity contribution is 8.00. The lowest BCUT2D eigenvalue weighted by Gasteiger charge is -2.11. The summed E-state index contributed by atoms with van der Waals surface area (Å²) in [4.78, 5) is 11.8. The van der Waals surface area contributed by atoms with Gasteiger partial charge in [0.15, 0.2) is 0 Å². The second-order valence-electron chi connectivity index (χ2n) is 3.42. The summed E-state index contributed by atoms with van der Waals surface area (Å²) in [6, 6.07) is 9.01. The van der Waals surface area contributed by atoms with Crippen LogP contribution < -0.4 is 5.32 Å². The number of hydrogen-bond acceptors (Lipinski definition) is 4. The molecule has 1 rings (SSSR count). The molecule has 1 atom stereocenters. The molecule has 18 heavy (non-hydrogen) atoms. The van der Waals surface area contributed by atoms with E-state index in [9.17, 15) is 4.79 Å². The van der Waals surface area contributed by atoms with Crippen LogP contribution in [0.25, 0.3) is 0 Å². The maximum Gasteiger partial charge on any atom is 0.221 e. The molecule has 0 heterocycles. The maximum absolute atomic E-state index is 11.1. The number of hydrogen-bond donors (Lipinski definition) is 1. The lowest BCUT2D eigenvalue weighted by molar-refractivity contribution is -0.114. The number of thioether (sulfide) groups is 1. The molecule has 1 unspecified atom stereocenters. The van der Waals surface area contributed by atoms with Gasteiger partial charge in [-0.1, -0.05) is 11.6 Å². The topological polar surface area (TPSA) is 76.7 Å². The Morgan fingerprint density at radius 1 is 1.56 bits per heavy atom. The lowest BCUT2D eigenvalue weighted by Crippen LogP contribution is -2.07. The molecule has 4 nitrogen and oxygen atoms in total. The van der Waals surface area contributed by atoms with Gasteiger partial charge in [-0.25, -0.2) is 0 Å². The molecule has 0 spiro atoms. The first-order valence-electron chi connectivity index (χ1n) is 5.07. The number of nitriles is 2. The van der Waals surface area contributed by atoms with E-state index in [1.54, 1.807) is 18.2 Å². The quantitative estimate of drug-likeness (QED) is 0.859. The summed E-state index contributed by atoms with van der Waals surface area (Å²) in [7, 11) is 0. The van der Waals surface area contributed by atoms with Crippen LogP contribution >= 0.6 is 23.4 Å². The average molecular weight is 280 g/mol. The van der Waals surface area contributed by atoms with Crippen LogP contribution in [0.2, 0.25) is 5.02 Å². The monoisotopic (exact) mass is 279 g/mol. The highest BCUT2D eigenvalue weighted by atomic mass is 35.5. The van der Waals surface area contributed by atoms with E-state index in [0.717, 1.165) is 4.90 Å². The number of nitrogens with zero attached hydrogens (tertiary/aromatic N) is 2. The van der Waals surface area contributed by atoms with Crippen molar-refractivity contribution in [2.75, 3.05) is 5.32 Å². The van der Waals surface area contributed by atoms with E-state index in [4.69, 9.17) is 22.1 Å². The van der Waals surface area contributed by atoms with Gasteiger partial charge in [-0.15, -0.1) is 11.8 Å². The van der Waals surface area contributed by atoms with E-state index in [1.165, 1.54) is 18.7 Å². The standard InChI is InChI=1S/C12H10ClN3OS/c1-8(17)16-11-6-9(13)2-3-12(11)18-10(7-15)4-5-14/h2-3,6,10H,4H2,1H3,(H,16,17). The van der Waals surface area contributed by atoms with Crippen molar-refractivity contribution in [3.63, 3.8) is 0 Å². The molecular formula is C12H10ClN3OS. The Balaban J connectivity index is 2.97. The van der Waals surface area contributed by atoms with Crippen molar-refractivity contribution in [1.82, 2.24) is 0 Å². The molecule has 0 radical (unpaired) electrons. The van der Waals surface area contributed by atoms with Crippen LogP contribution in [-0.4, -0.2) is 11.2 Å². The first-order chi connectivity index (χ1) is 8.56. The van der Waals surface area contributed by atoms with Crippen LogP contribution in [-0.2, 0) is 4.79 Å². The van der Waals surface area contributed by atoms with E-state index in [0.29, 0.717) is 10.7 Å². The first kappa shape index (κ1) is 14.4. The fourth-order valence-corrected chi connectivity index (χ4v) is 2.31. The summed E-state index contributed by atoms with van der Waals surface area (Å²) in [5.74, 6) is -0.215. The average Bonchev–Trinajstić information content (AvgIpc) is 2.31. The lowest BCUT2D eigenvalue weighted by atomic mass is 10.3. The van der Waals surface area contributed by atoms with Crippen LogP contribution in [0.3, 0.4) is 0 Å². The maximum atomic E-state index is 11.1. The second kappa shape index (κ2) is 6.90. The fraction of sp³-hybridized carbons (Fsp3) is 0.250. The smallest absolute Gasteiger partial charge is 0.221 e. The molecule has 1 aromatic carbocycles. The van der Waals surface area contributed by atoms with E-state index < -0.39 is 5.25 Å². The Kier molecular flexibility index (Phi) is 5.51. The zero-order valence-corrected chi connectivity index (χ0v) is 11.2. The normalized spacial score (nSPS) is 11.1. The Hall–Kier alpha value is -1.69. The number of nitrogens with one attached hydrogen (secondary N) is 1. The van der Waals surface area contributed by atoms with Crippen molar-refractivity contribution in [2.45, 2.75) is 23.5 Å². The zero-order chi connectivity index (χ0) is 13.5. The Bertz CT molecular complexity index is 533. The van der Waals surface area contributed by atoms with Crippen molar-refractivity contribution in [2.24, 2.45) is 0 Å². The second-order valence-corrected chi connectivity index (χ2v) is 5.10. The highest BCUT2D eigenvalue weighted by Gasteiger charge is 2.13. The van der Waals surface area contributed by atoms with Crippen LogP contribution in [0.1, 0.15) is 13.3 Å². The minimum Gasteiger partial charge on any atom is -0.325 e. The van der Waals surface area contributed by atoms with Gasteiger partial charge in [0.1, 0.15) is 5.25 Å². The number of amides is 1. The largest absolute Gasteiger partial charge is 0.325 e. The van der Waals surface area contributed by atoms with Gasteiger partial charge in [-0.3, -0.25) is 4.79 Å². The summed E-state index contributed by atoms with van der Waals surface area (Å²) < 4.78 is 0. The number of carbonyl (C=O) groups excluding carboxylic acids is 1. The molecule has 0 aliphatic heterocycles. The molecule has 0 aromatic heterocycles. The first-order valence-corrected chi connectivity index (χ1v) is 6.33. The van der Waals surface area contributed by atoms with Crippen molar-refractivity contribution in [3.8, 4) is 12.1 Å². The van der Waals surface area contributed by atoms with Crippen molar-refractivity contribution in [1.29, 1.82) is 10.5 Å². The summed E-state index contributed by atoms with van der Waals surface area (Å²) in [5, 5.41) is 20.2. The van der Waals surface area contributed by atoms with Crippen molar-refractivity contribution in [3.05, 3.63) is 23.2 Å². The predicted octanol–water partition coefficient (Wildman–Crippen LogP) is 3.20. The van der Waals surface area contributed by atoms with Crippen LogP contribution in [0, 0.1) is 22.7 Å². The summed E-state index contributed by atoms with van der Waals surface area (Å²) in [6.45, 7) is 1.40. The molecule has 0 aliphatic carbocycles. The molecule has 1 N–H and O–H groups in total. The van der Waals surface area contributed by atoms with Crippen LogP contribution in [0.4, 0.5) is 5.69 Å². The van der Waals surface area contributed by atoms with Crippen molar-refractivity contribution < 1.29 is 4.79 Å². The minimum absolute atomic E-state index is 0.128. The summed E-state index contributed by atoms with van der Waals surface area (Å²) >= 11 is 7.09. The molecule has 1 amide bonds. The highest BCUT2D eigenvalue weighted by Crippen LogP contribution is 2.33. The third kappa shape index (κ3) is 4.29. The third-order valence-corrected chi connectivity index (χ3v) is 3.34. The molecule has 0 saturated carbocycles. The van der Waals surface area contributed by atoms with Crippen LogP contribution in [0.5, 0.6) is 0 Å². The molecule has 0 bridgehead atoms. The number of carbonyl (C=O) groups is 1. The summed E-state index contributed by atoms with van der Waals surface area (Å²) in [6.07, 6.45) is 0.128. The van der Waals surface area contributed by atoms with Gasteiger partial charge in [0.05, 0.1) is 24.2 Å². The van der Waals surface area contributed by atoms with Gasteiger partial charge < -0.3 is 5.32 Å². The molecule has 0 aliphatic rings. The van der Waals surface area contributed by atoms with E-state index in [1.807, 2.05) is 12.1 Å². The number of rotatable bonds is 4.